The zero-order valence-corrected chi connectivity index (χ0v) is 11.5. The summed E-state index contributed by atoms with van der Waals surface area (Å²) in [6.07, 6.45) is -0.500. The summed E-state index contributed by atoms with van der Waals surface area (Å²) in [7, 11) is -2.28. The van der Waals surface area contributed by atoms with Crippen molar-refractivity contribution < 1.29 is 23.1 Å². The number of carbonyl (C=O) groups is 1. The van der Waals surface area contributed by atoms with Gasteiger partial charge < -0.3 is 9.84 Å². The molecule has 0 aliphatic carbocycles. The highest BCUT2D eigenvalue weighted by Gasteiger charge is 2.22. The smallest absolute Gasteiger partial charge is 0.335 e. The van der Waals surface area contributed by atoms with Crippen molar-refractivity contribution in [2.24, 2.45) is 0 Å². The van der Waals surface area contributed by atoms with Crippen molar-refractivity contribution in [2.75, 3.05) is 12.9 Å². The highest BCUT2D eigenvalue weighted by atomic mass is 35.5. The summed E-state index contributed by atoms with van der Waals surface area (Å²) in [6.45, 7) is 1.60. The summed E-state index contributed by atoms with van der Waals surface area (Å²) in [5.41, 5.74) is -0.122. The zero-order valence-electron chi connectivity index (χ0n) is 9.88. The molecule has 0 bridgehead atoms. The largest absolute Gasteiger partial charge is 0.478 e. The number of aromatic carboxylic acids is 1. The minimum absolute atomic E-state index is 0.00306. The number of benzene rings is 1. The Bertz CT molecular complexity index is 553. The standard InChI is InChI=1S/C11H13ClO5S/c1-7(17-2)6-18(15,16)10-5-8(11(13)14)3-4-9(10)12/h3-5,7H,6H2,1-2H3,(H,13,14). The van der Waals surface area contributed by atoms with Gasteiger partial charge in [0.05, 0.1) is 27.3 Å². The second kappa shape index (κ2) is 5.69. The van der Waals surface area contributed by atoms with E-state index in [1.807, 2.05) is 0 Å². The fourth-order valence-electron chi connectivity index (χ4n) is 1.34. The van der Waals surface area contributed by atoms with Gasteiger partial charge in [0.2, 0.25) is 0 Å². The van der Waals surface area contributed by atoms with Gasteiger partial charge in [0.1, 0.15) is 0 Å². The third kappa shape index (κ3) is 3.44. The Balaban J connectivity index is 3.23. The average molecular weight is 293 g/mol. The molecule has 1 aromatic rings. The first-order valence-corrected chi connectivity index (χ1v) is 7.09. The summed E-state index contributed by atoms with van der Waals surface area (Å²) in [4.78, 5) is 10.6. The van der Waals surface area contributed by atoms with E-state index >= 15 is 0 Å². The van der Waals surface area contributed by atoms with Crippen LogP contribution < -0.4 is 0 Å². The van der Waals surface area contributed by atoms with E-state index in [2.05, 4.69) is 0 Å². The molecule has 7 heteroatoms. The van der Waals surface area contributed by atoms with Crippen molar-refractivity contribution in [2.45, 2.75) is 17.9 Å². The molecule has 0 saturated carbocycles. The lowest BCUT2D eigenvalue weighted by atomic mass is 10.2. The van der Waals surface area contributed by atoms with E-state index in [0.29, 0.717) is 0 Å². The Hall–Kier alpha value is -1.11. The van der Waals surface area contributed by atoms with Gasteiger partial charge in [-0.2, -0.15) is 0 Å². The predicted molar refractivity (Wildman–Crippen MR) is 66.9 cm³/mol. The third-order valence-corrected chi connectivity index (χ3v) is 4.73. The van der Waals surface area contributed by atoms with Crippen LogP contribution in [0.25, 0.3) is 0 Å². The summed E-state index contributed by atoms with van der Waals surface area (Å²) in [6, 6.07) is 3.57. The van der Waals surface area contributed by atoms with Crippen LogP contribution in [0.2, 0.25) is 5.02 Å². The van der Waals surface area contributed by atoms with Gasteiger partial charge in [0, 0.05) is 7.11 Å². The molecule has 0 aliphatic heterocycles. The first-order chi connectivity index (χ1) is 8.27. The molecule has 0 fully saturated rings. The molecule has 0 aromatic heterocycles. The van der Waals surface area contributed by atoms with E-state index in [1.165, 1.54) is 19.2 Å². The lowest BCUT2D eigenvalue weighted by Crippen LogP contribution is -2.20. The van der Waals surface area contributed by atoms with E-state index in [-0.39, 0.29) is 21.2 Å². The molecule has 0 aliphatic rings. The van der Waals surface area contributed by atoms with Gasteiger partial charge >= 0.3 is 5.97 Å². The van der Waals surface area contributed by atoms with Gasteiger partial charge in [-0.05, 0) is 25.1 Å². The van der Waals surface area contributed by atoms with Gasteiger partial charge in [0.25, 0.3) is 0 Å². The minimum atomic E-state index is -3.68. The molecule has 1 atom stereocenters. The quantitative estimate of drug-likeness (QED) is 0.896. The fourth-order valence-corrected chi connectivity index (χ4v) is 3.42. The number of ether oxygens (including phenoxy) is 1. The predicted octanol–water partition coefficient (Wildman–Crippen LogP) is 1.85. The molecule has 1 unspecified atom stereocenters. The van der Waals surface area contributed by atoms with E-state index in [9.17, 15) is 13.2 Å². The maximum atomic E-state index is 12.0. The SMILES string of the molecule is COC(C)CS(=O)(=O)c1cc(C(=O)O)ccc1Cl. The summed E-state index contributed by atoms with van der Waals surface area (Å²) < 4.78 is 29.0. The van der Waals surface area contributed by atoms with Crippen LogP contribution in [0.1, 0.15) is 17.3 Å². The lowest BCUT2D eigenvalue weighted by Gasteiger charge is -2.11. The second-order valence-corrected chi connectivity index (χ2v) is 6.19. The molecule has 5 nitrogen and oxygen atoms in total. The Morgan fingerprint density at radius 1 is 1.50 bits per heavy atom. The summed E-state index contributed by atoms with van der Waals surface area (Å²) in [5, 5.41) is 8.83. The van der Waals surface area contributed by atoms with Crippen LogP contribution in [0, 0.1) is 0 Å². The number of carboxylic acids is 1. The summed E-state index contributed by atoms with van der Waals surface area (Å²) in [5.74, 6) is -1.46. The Morgan fingerprint density at radius 2 is 2.11 bits per heavy atom. The van der Waals surface area contributed by atoms with Crippen molar-refractivity contribution in [3.8, 4) is 0 Å². The topological polar surface area (TPSA) is 80.7 Å². The van der Waals surface area contributed by atoms with Gasteiger partial charge in [-0.3, -0.25) is 0 Å². The van der Waals surface area contributed by atoms with Crippen molar-refractivity contribution in [3.63, 3.8) is 0 Å². The van der Waals surface area contributed by atoms with E-state index in [4.69, 9.17) is 21.4 Å². The Morgan fingerprint density at radius 3 is 2.61 bits per heavy atom. The fraction of sp³-hybridized carbons (Fsp3) is 0.364. The average Bonchev–Trinajstić information content (AvgIpc) is 2.28. The number of halogens is 1. The number of hydrogen-bond donors (Lipinski definition) is 1. The van der Waals surface area contributed by atoms with Crippen molar-refractivity contribution >= 4 is 27.4 Å². The number of sulfone groups is 1. The van der Waals surface area contributed by atoms with Crippen LogP contribution >= 0.6 is 11.6 Å². The number of hydrogen-bond acceptors (Lipinski definition) is 4. The highest BCUT2D eigenvalue weighted by molar-refractivity contribution is 7.91. The first-order valence-electron chi connectivity index (χ1n) is 5.06. The number of carboxylic acid groups (broad SMARTS) is 1. The van der Waals surface area contributed by atoms with Crippen LogP contribution in [0.3, 0.4) is 0 Å². The van der Waals surface area contributed by atoms with Crippen molar-refractivity contribution in [3.05, 3.63) is 28.8 Å². The van der Waals surface area contributed by atoms with Gasteiger partial charge in [-0.25, -0.2) is 13.2 Å². The normalized spacial score (nSPS) is 13.3. The van der Waals surface area contributed by atoms with Gasteiger partial charge in [-0.1, -0.05) is 11.6 Å². The maximum Gasteiger partial charge on any atom is 0.335 e. The lowest BCUT2D eigenvalue weighted by molar-refractivity contribution is 0.0696. The molecule has 1 rings (SSSR count). The first kappa shape index (κ1) is 14.9. The van der Waals surface area contributed by atoms with Gasteiger partial charge in [0.15, 0.2) is 9.84 Å². The molecule has 100 valence electrons. The van der Waals surface area contributed by atoms with E-state index < -0.39 is 21.9 Å². The monoisotopic (exact) mass is 292 g/mol. The van der Waals surface area contributed by atoms with Crippen LogP contribution in [0.5, 0.6) is 0 Å². The van der Waals surface area contributed by atoms with E-state index in [0.717, 1.165) is 6.07 Å². The van der Waals surface area contributed by atoms with Crippen molar-refractivity contribution in [1.29, 1.82) is 0 Å². The van der Waals surface area contributed by atoms with Gasteiger partial charge in [-0.15, -0.1) is 0 Å². The highest BCUT2D eigenvalue weighted by Crippen LogP contribution is 2.24. The Kier molecular flexibility index (Phi) is 4.72. The van der Waals surface area contributed by atoms with Crippen LogP contribution in [0.4, 0.5) is 0 Å². The molecule has 0 spiro atoms. The Labute approximate surface area is 110 Å². The molecular weight excluding hydrogens is 280 g/mol. The molecule has 0 radical (unpaired) electrons. The third-order valence-electron chi connectivity index (χ3n) is 2.37. The number of methoxy groups -OCH3 is 1. The molecule has 18 heavy (non-hydrogen) atoms. The van der Waals surface area contributed by atoms with Crippen LogP contribution in [-0.4, -0.2) is 38.5 Å². The molecule has 0 heterocycles. The second-order valence-electron chi connectivity index (χ2n) is 3.78. The minimum Gasteiger partial charge on any atom is -0.478 e. The molecule has 0 saturated heterocycles. The zero-order chi connectivity index (χ0) is 13.9. The number of rotatable bonds is 5. The molecule has 0 amide bonds. The van der Waals surface area contributed by atoms with Crippen LogP contribution in [-0.2, 0) is 14.6 Å². The summed E-state index contributed by atoms with van der Waals surface area (Å²) >= 11 is 5.80. The maximum absolute atomic E-state index is 12.0. The molecular formula is C11H13ClO5S. The molecule has 1 aromatic carbocycles. The molecule has 1 N–H and O–H groups in total. The van der Waals surface area contributed by atoms with Crippen LogP contribution in [0.15, 0.2) is 23.1 Å². The van der Waals surface area contributed by atoms with Crippen molar-refractivity contribution in [1.82, 2.24) is 0 Å². The van der Waals surface area contributed by atoms with E-state index in [1.54, 1.807) is 6.92 Å².